The van der Waals surface area contributed by atoms with Crippen molar-refractivity contribution in [3.8, 4) is 0 Å². The molecular weight excluding hydrogens is 351 g/mol. The van der Waals surface area contributed by atoms with Crippen molar-refractivity contribution in [3.63, 3.8) is 0 Å². The molecule has 0 radical (unpaired) electrons. The van der Waals surface area contributed by atoms with Gasteiger partial charge in [-0.15, -0.1) is 0 Å². The maximum atomic E-state index is 15.2. The van der Waals surface area contributed by atoms with Gasteiger partial charge in [0, 0.05) is 34.5 Å². The Kier molecular flexibility index (Phi) is 3.73. The average Bonchev–Trinajstić information content (AvgIpc) is 3.18. The molecule has 0 bridgehead atoms. The molecule has 1 N–H and O–H groups in total. The normalized spacial score (nSPS) is 23.3. The van der Waals surface area contributed by atoms with Crippen LogP contribution in [0.2, 0.25) is 5.02 Å². The van der Waals surface area contributed by atoms with Gasteiger partial charge >= 0.3 is 0 Å². The maximum Gasteiger partial charge on any atom is 0.147 e. The van der Waals surface area contributed by atoms with E-state index in [1.807, 2.05) is 6.07 Å². The van der Waals surface area contributed by atoms with Gasteiger partial charge in [-0.25, -0.2) is 14.4 Å². The number of nitrogens with one attached hydrogen (secondary N) is 1. The third kappa shape index (κ3) is 2.23. The van der Waals surface area contributed by atoms with Gasteiger partial charge in [0.1, 0.15) is 18.0 Å². The van der Waals surface area contributed by atoms with Gasteiger partial charge in [0.2, 0.25) is 0 Å². The van der Waals surface area contributed by atoms with Crippen LogP contribution in [0, 0.1) is 5.82 Å². The Morgan fingerprint density at radius 2 is 2.08 bits per heavy atom. The van der Waals surface area contributed by atoms with Crippen molar-refractivity contribution in [1.82, 2.24) is 15.3 Å². The number of aryl methyl sites for hydroxylation is 1. The van der Waals surface area contributed by atoms with Crippen molar-refractivity contribution in [3.05, 3.63) is 46.1 Å². The van der Waals surface area contributed by atoms with E-state index in [2.05, 4.69) is 27.1 Å². The highest BCUT2D eigenvalue weighted by Crippen LogP contribution is 2.52. The van der Waals surface area contributed by atoms with E-state index in [1.165, 1.54) is 5.56 Å². The number of fused-ring (bicyclic) bond motifs is 3. The number of aromatic nitrogens is 2. The molecule has 0 saturated carbocycles. The number of nitrogens with zero attached hydrogens (tertiary/aromatic N) is 3. The highest BCUT2D eigenvalue weighted by Gasteiger charge is 2.47. The number of halogens is 2. The summed E-state index contributed by atoms with van der Waals surface area (Å²) >= 11 is 6.17. The summed E-state index contributed by atoms with van der Waals surface area (Å²) in [4.78, 5) is 11.4. The van der Waals surface area contributed by atoms with Gasteiger partial charge in [-0.3, -0.25) is 0 Å². The van der Waals surface area contributed by atoms with Crippen LogP contribution in [-0.2, 0) is 11.8 Å². The molecule has 1 aromatic heterocycles. The van der Waals surface area contributed by atoms with Gasteiger partial charge in [0.05, 0.1) is 5.02 Å². The van der Waals surface area contributed by atoms with Crippen molar-refractivity contribution in [2.24, 2.45) is 0 Å². The first-order chi connectivity index (χ1) is 12.6. The van der Waals surface area contributed by atoms with Crippen LogP contribution in [0.4, 0.5) is 15.9 Å². The van der Waals surface area contributed by atoms with Crippen molar-refractivity contribution in [1.29, 1.82) is 0 Å². The summed E-state index contributed by atoms with van der Waals surface area (Å²) < 4.78 is 15.2. The zero-order chi connectivity index (χ0) is 17.9. The molecule has 1 unspecified atom stereocenters. The van der Waals surface area contributed by atoms with E-state index in [9.17, 15) is 0 Å². The minimum Gasteiger partial charge on any atom is -0.325 e. The molecule has 3 aliphatic rings. The largest absolute Gasteiger partial charge is 0.325 e. The van der Waals surface area contributed by atoms with Gasteiger partial charge in [-0.1, -0.05) is 18.5 Å². The second-order valence-corrected chi connectivity index (χ2v) is 8.28. The van der Waals surface area contributed by atoms with E-state index >= 15 is 4.39 Å². The van der Waals surface area contributed by atoms with Gasteiger partial charge in [0.15, 0.2) is 0 Å². The third-order valence-electron chi connectivity index (χ3n) is 6.42. The van der Waals surface area contributed by atoms with E-state index in [1.54, 1.807) is 12.4 Å². The molecule has 26 heavy (non-hydrogen) atoms. The molecular formula is C20H22ClFN4. The van der Waals surface area contributed by atoms with Crippen LogP contribution in [0.3, 0.4) is 0 Å². The summed E-state index contributed by atoms with van der Waals surface area (Å²) in [5.74, 6) is 1.14. The Balaban J connectivity index is 1.70. The summed E-state index contributed by atoms with van der Waals surface area (Å²) in [5.41, 5.74) is 3.89. The molecule has 1 aliphatic carbocycles. The lowest BCUT2D eigenvalue weighted by Gasteiger charge is -2.35. The zero-order valence-corrected chi connectivity index (χ0v) is 15.6. The van der Waals surface area contributed by atoms with Crippen LogP contribution in [0.1, 0.15) is 48.9 Å². The van der Waals surface area contributed by atoms with Crippen LogP contribution < -0.4 is 10.2 Å². The molecule has 1 spiro atoms. The molecule has 0 amide bonds. The Labute approximate surface area is 157 Å². The number of piperidine rings is 1. The lowest BCUT2D eigenvalue weighted by molar-refractivity contribution is 0.320. The first kappa shape index (κ1) is 16.5. The van der Waals surface area contributed by atoms with Crippen molar-refractivity contribution in [2.45, 2.75) is 43.9 Å². The molecule has 1 fully saturated rings. The minimum atomic E-state index is -0.257. The number of benzene rings is 1. The second-order valence-electron chi connectivity index (χ2n) is 7.87. The van der Waals surface area contributed by atoms with Crippen LogP contribution in [0.25, 0.3) is 0 Å². The molecule has 6 heteroatoms. The fourth-order valence-corrected chi connectivity index (χ4v) is 5.23. The molecule has 2 aliphatic heterocycles. The van der Waals surface area contributed by atoms with Crippen LogP contribution in [0.5, 0.6) is 0 Å². The number of hydrogen-bond acceptors (Lipinski definition) is 4. The SMILES string of the molecule is CC1CCc2ncnc(N3CC4(CCNCC4)c4c3ccc(Cl)c4F)c21. The highest BCUT2D eigenvalue weighted by atomic mass is 35.5. The first-order valence-corrected chi connectivity index (χ1v) is 9.79. The highest BCUT2D eigenvalue weighted by molar-refractivity contribution is 6.31. The maximum absolute atomic E-state index is 15.2. The molecule has 136 valence electrons. The van der Waals surface area contributed by atoms with E-state index in [4.69, 9.17) is 11.6 Å². The van der Waals surface area contributed by atoms with E-state index in [-0.39, 0.29) is 16.3 Å². The molecule has 3 heterocycles. The smallest absolute Gasteiger partial charge is 0.147 e. The van der Waals surface area contributed by atoms with Crippen molar-refractivity contribution >= 4 is 23.1 Å². The Bertz CT molecular complexity index is 878. The zero-order valence-electron chi connectivity index (χ0n) is 14.9. The summed E-state index contributed by atoms with van der Waals surface area (Å²) in [6.07, 6.45) is 5.58. The van der Waals surface area contributed by atoms with E-state index in [0.29, 0.717) is 5.92 Å². The average molecular weight is 373 g/mol. The Morgan fingerprint density at radius 1 is 1.27 bits per heavy atom. The topological polar surface area (TPSA) is 41.1 Å². The number of anilines is 2. The molecule has 1 saturated heterocycles. The van der Waals surface area contributed by atoms with E-state index < -0.39 is 0 Å². The van der Waals surface area contributed by atoms with Crippen molar-refractivity contribution in [2.75, 3.05) is 24.5 Å². The number of rotatable bonds is 1. The predicted octanol–water partition coefficient (Wildman–Crippen LogP) is 4.09. The standard InChI is InChI=1S/C20H22ClFN4/c1-12-2-4-14-16(12)19(25-11-24-14)26-10-20(6-8-23-9-7-20)17-15(26)5-3-13(21)18(17)22/h3,5,11-12,23H,2,4,6-10H2,1H3. The van der Waals surface area contributed by atoms with Crippen LogP contribution in [0.15, 0.2) is 18.5 Å². The van der Waals surface area contributed by atoms with Crippen LogP contribution in [-0.4, -0.2) is 29.6 Å². The fourth-order valence-electron chi connectivity index (χ4n) is 5.08. The molecule has 4 nitrogen and oxygen atoms in total. The van der Waals surface area contributed by atoms with Crippen LogP contribution >= 0.6 is 11.6 Å². The summed E-state index contributed by atoms with van der Waals surface area (Å²) in [6, 6.07) is 3.64. The third-order valence-corrected chi connectivity index (χ3v) is 6.72. The lowest BCUT2D eigenvalue weighted by atomic mass is 9.74. The summed E-state index contributed by atoms with van der Waals surface area (Å²) in [6.45, 7) is 4.80. The Morgan fingerprint density at radius 3 is 2.88 bits per heavy atom. The monoisotopic (exact) mass is 372 g/mol. The van der Waals surface area contributed by atoms with Gasteiger partial charge < -0.3 is 10.2 Å². The van der Waals surface area contributed by atoms with Gasteiger partial charge in [-0.05, 0) is 56.8 Å². The fraction of sp³-hybridized carbons (Fsp3) is 0.500. The quantitative estimate of drug-likeness (QED) is 0.818. The van der Waals surface area contributed by atoms with Gasteiger partial charge in [-0.2, -0.15) is 0 Å². The molecule has 5 rings (SSSR count). The first-order valence-electron chi connectivity index (χ1n) is 9.41. The molecule has 2 aromatic rings. The minimum absolute atomic E-state index is 0.199. The second kappa shape index (κ2) is 5.89. The Hall–Kier alpha value is -1.72. The lowest BCUT2D eigenvalue weighted by Crippen LogP contribution is -2.43. The summed E-state index contributed by atoms with van der Waals surface area (Å²) in [7, 11) is 0. The van der Waals surface area contributed by atoms with E-state index in [0.717, 1.165) is 68.1 Å². The molecule has 1 atom stereocenters. The van der Waals surface area contributed by atoms with Crippen molar-refractivity contribution < 1.29 is 4.39 Å². The molecule has 1 aromatic carbocycles. The predicted molar refractivity (Wildman–Crippen MR) is 101 cm³/mol. The number of hydrogen-bond donors (Lipinski definition) is 1. The van der Waals surface area contributed by atoms with Gasteiger partial charge in [0.25, 0.3) is 0 Å². The summed E-state index contributed by atoms with van der Waals surface area (Å²) in [5, 5.41) is 3.62.